The molecule has 39 valence electrons. The van der Waals surface area contributed by atoms with Gasteiger partial charge in [0.1, 0.15) is 0 Å². The summed E-state index contributed by atoms with van der Waals surface area (Å²) in [5.74, 6) is 0. The molecule has 0 amide bonds. The predicted molar refractivity (Wildman–Crippen MR) is 17.6 cm³/mol. The molecule has 0 radical (unpaired) electrons. The molecule has 0 aromatic heterocycles. The predicted octanol–water partition coefficient (Wildman–Crippen LogP) is -2.12. The fourth-order valence-corrected chi connectivity index (χ4v) is 0. The molecule has 0 heterocycles. The van der Waals surface area contributed by atoms with Gasteiger partial charge in [-0.05, 0) is 0 Å². The van der Waals surface area contributed by atoms with E-state index in [0.717, 1.165) is 13.1 Å². The van der Waals surface area contributed by atoms with Crippen LogP contribution in [0.2, 0.25) is 0 Å². The van der Waals surface area contributed by atoms with Gasteiger partial charge in [0.2, 0.25) is 0 Å². The molecule has 0 spiro atoms. The zero-order valence-electron chi connectivity index (χ0n) is 2.84. The van der Waals surface area contributed by atoms with Gasteiger partial charge in [0.05, 0.1) is 0 Å². The molecular formula is Cl3CuNaO. The van der Waals surface area contributed by atoms with Crippen molar-refractivity contribution in [1.29, 1.82) is 0 Å². The molecule has 0 saturated heterocycles. The SMILES string of the molecule is [Cl][Cu][Cl].[Na+].[O-]Cl. The molecule has 0 fully saturated rings. The van der Waals surface area contributed by atoms with Gasteiger partial charge in [-0.25, -0.2) is 11.9 Å². The summed E-state index contributed by atoms with van der Waals surface area (Å²) in [5.41, 5.74) is 0. The molecule has 0 N–H and O–H groups in total. The summed E-state index contributed by atoms with van der Waals surface area (Å²) in [6, 6.07) is 0. The average molecular weight is 209 g/mol. The third kappa shape index (κ3) is 32.9. The van der Waals surface area contributed by atoms with Crippen LogP contribution in [-0.2, 0) is 13.1 Å². The van der Waals surface area contributed by atoms with Crippen molar-refractivity contribution < 1.29 is 47.3 Å². The minimum absolute atomic E-state index is 0. The second-order valence-electron chi connectivity index (χ2n) is 0.0431. The Balaban J connectivity index is -0.0000000275. The van der Waals surface area contributed by atoms with E-state index in [1.165, 1.54) is 0 Å². The average Bonchev–Trinajstić information content (AvgIpc) is 1.46. The van der Waals surface area contributed by atoms with E-state index in [4.69, 9.17) is 4.66 Å². The first-order valence-corrected chi connectivity index (χ1v) is 3.28. The van der Waals surface area contributed by atoms with Crippen molar-refractivity contribution in [3.05, 3.63) is 0 Å². The third-order valence-corrected chi connectivity index (χ3v) is 0. The van der Waals surface area contributed by atoms with Gasteiger partial charge in [-0.3, -0.25) is 0 Å². The normalized spacial score (nSPS) is 4.67. The minimum atomic E-state index is 0. The maximum atomic E-state index is 7.72. The zero-order valence-corrected chi connectivity index (χ0v) is 8.05. The van der Waals surface area contributed by atoms with E-state index < -0.39 is 0 Å². The summed E-state index contributed by atoms with van der Waals surface area (Å²) in [6.07, 6.45) is 0. The van der Waals surface area contributed by atoms with Crippen LogP contribution in [0.4, 0.5) is 0 Å². The van der Waals surface area contributed by atoms with E-state index in [1.807, 2.05) is 0 Å². The number of hydrogen-bond acceptors (Lipinski definition) is 1. The Labute approximate surface area is 78.4 Å². The van der Waals surface area contributed by atoms with E-state index in [2.05, 4.69) is 32.1 Å². The summed E-state index contributed by atoms with van der Waals surface area (Å²) in [4.78, 5) is 0. The molecule has 1 nitrogen and oxygen atoms in total. The molecule has 0 aromatic rings. The second kappa shape index (κ2) is 26.4. The first kappa shape index (κ1) is 15.8. The molecule has 0 aliphatic rings. The summed E-state index contributed by atoms with van der Waals surface area (Å²) in [6.45, 7) is 0. The van der Waals surface area contributed by atoms with Crippen molar-refractivity contribution in [2.24, 2.45) is 0 Å². The van der Waals surface area contributed by atoms with Crippen molar-refractivity contribution in [3.63, 3.8) is 0 Å². The standard InChI is InChI=1S/ClO.2ClH.Cu.Na/c1-2;;;;/h;2*1H;;/q-1;;;+2;+1/p-2. The van der Waals surface area contributed by atoms with E-state index in [0.29, 0.717) is 0 Å². The quantitative estimate of drug-likeness (QED) is 0.418. The van der Waals surface area contributed by atoms with Crippen LogP contribution in [0, 0.1) is 0 Å². The third-order valence-electron chi connectivity index (χ3n) is 0. The van der Waals surface area contributed by atoms with Crippen molar-refractivity contribution in [2.75, 3.05) is 0 Å². The van der Waals surface area contributed by atoms with Crippen molar-refractivity contribution in [2.45, 2.75) is 0 Å². The Morgan fingerprint density at radius 2 is 1.17 bits per heavy atom. The summed E-state index contributed by atoms with van der Waals surface area (Å²) in [7, 11) is 9.34. The van der Waals surface area contributed by atoms with E-state index in [1.54, 1.807) is 0 Å². The molecular weight excluding hydrogens is 209 g/mol. The van der Waals surface area contributed by atoms with Gasteiger partial charge in [0.15, 0.2) is 0 Å². The van der Waals surface area contributed by atoms with Crippen LogP contribution in [0.5, 0.6) is 0 Å². The first-order valence-electron chi connectivity index (χ1n) is 0.382. The van der Waals surface area contributed by atoms with Crippen LogP contribution < -0.4 is 34.2 Å². The monoisotopic (exact) mass is 207 g/mol. The van der Waals surface area contributed by atoms with E-state index in [-0.39, 0.29) is 29.6 Å². The Kier molecular flexibility index (Phi) is 69.4. The fourth-order valence-electron chi connectivity index (χ4n) is 0. The maximum Gasteiger partial charge on any atom is 1.00 e. The second-order valence-corrected chi connectivity index (χ2v) is 1.60. The van der Waals surface area contributed by atoms with Crippen molar-refractivity contribution in [1.82, 2.24) is 0 Å². The smallest absolute Gasteiger partial charge is 0.769 e. The van der Waals surface area contributed by atoms with Gasteiger partial charge in [-0.15, -0.1) is 0 Å². The Hall–Kier alpha value is 2.35. The molecule has 0 atom stereocenters. The minimum Gasteiger partial charge on any atom is -0.769 e. The van der Waals surface area contributed by atoms with Crippen LogP contribution in [0.15, 0.2) is 0 Å². The van der Waals surface area contributed by atoms with Crippen LogP contribution >= 0.6 is 32.1 Å². The van der Waals surface area contributed by atoms with E-state index >= 15 is 0 Å². The summed E-state index contributed by atoms with van der Waals surface area (Å²) >= 11 is 4.15. The molecule has 0 bridgehead atoms. The van der Waals surface area contributed by atoms with Crippen molar-refractivity contribution >= 4 is 32.1 Å². The Morgan fingerprint density at radius 1 is 1.17 bits per heavy atom. The molecule has 0 saturated carbocycles. The summed E-state index contributed by atoms with van der Waals surface area (Å²) in [5, 5.41) is 0. The Morgan fingerprint density at radius 3 is 1.17 bits per heavy atom. The summed E-state index contributed by atoms with van der Waals surface area (Å²) < 4.78 is 7.72. The number of halogens is 3. The van der Waals surface area contributed by atoms with E-state index in [9.17, 15) is 0 Å². The van der Waals surface area contributed by atoms with Gasteiger partial charge in [-0.2, -0.15) is 0 Å². The van der Waals surface area contributed by atoms with Gasteiger partial charge in [-0.1, -0.05) is 0 Å². The van der Waals surface area contributed by atoms with Crippen LogP contribution in [0.3, 0.4) is 0 Å². The molecule has 0 aliphatic carbocycles. The number of rotatable bonds is 0. The maximum absolute atomic E-state index is 7.72. The van der Waals surface area contributed by atoms with Gasteiger partial charge in [0, 0.05) is 0 Å². The zero-order chi connectivity index (χ0) is 4.71. The molecule has 0 unspecified atom stereocenters. The van der Waals surface area contributed by atoms with Crippen LogP contribution in [-0.4, -0.2) is 0 Å². The molecule has 0 aromatic carbocycles. The largest absolute Gasteiger partial charge is 1.00 e. The van der Waals surface area contributed by atoms with Crippen LogP contribution in [0.25, 0.3) is 0 Å². The van der Waals surface area contributed by atoms with Gasteiger partial charge >= 0.3 is 62.9 Å². The van der Waals surface area contributed by atoms with Crippen LogP contribution in [0.1, 0.15) is 0 Å². The molecule has 6 heavy (non-hydrogen) atoms. The topological polar surface area (TPSA) is 23.1 Å². The molecule has 6 heteroatoms. The van der Waals surface area contributed by atoms with Gasteiger partial charge in [0.25, 0.3) is 0 Å². The van der Waals surface area contributed by atoms with Crippen molar-refractivity contribution in [3.8, 4) is 0 Å². The first-order chi connectivity index (χ1) is 2.41. The Bertz CT molecular complexity index is 10.8. The molecule has 0 aliphatic heterocycles. The molecule has 0 rings (SSSR count). The number of hydrogen-bond donors (Lipinski definition) is 0. The van der Waals surface area contributed by atoms with Gasteiger partial charge < -0.3 is 4.66 Å². The fraction of sp³-hybridized carbons (Fsp3) is 0.